The maximum absolute atomic E-state index is 13.9. The Bertz CT molecular complexity index is 1640. The third-order valence-electron chi connectivity index (χ3n) is 10.6. The number of aromatic hydroxyl groups is 1. The van der Waals surface area contributed by atoms with Gasteiger partial charge >= 0.3 is 0 Å². The van der Waals surface area contributed by atoms with Crippen LogP contribution in [0.25, 0.3) is 0 Å². The smallest absolute Gasteiger partial charge is 0.299 e. The van der Waals surface area contributed by atoms with Gasteiger partial charge in [0.1, 0.15) is 6.10 Å². The van der Waals surface area contributed by atoms with Gasteiger partial charge in [-0.2, -0.15) is 0 Å². The Kier molecular flexibility index (Phi) is 7.22. The molecule has 1 saturated heterocycles. The topological polar surface area (TPSA) is 73.2 Å². The number of piperidine rings is 1. The molecule has 3 aromatic carbocycles. The van der Waals surface area contributed by atoms with Gasteiger partial charge in [0.2, 0.25) is 0 Å². The number of aryl methyl sites for hydroxylation is 1. The molecule has 0 unspecified atom stereocenters. The first-order chi connectivity index (χ1) is 21.2. The zero-order chi connectivity index (χ0) is 30.6. The lowest BCUT2D eigenvalue weighted by Gasteiger charge is -2.64. The summed E-state index contributed by atoms with van der Waals surface area (Å²) in [5.74, 6) is 6.65. The van der Waals surface area contributed by atoms with E-state index in [9.17, 15) is 15.0 Å². The van der Waals surface area contributed by atoms with Crippen LogP contribution in [0.15, 0.2) is 66.7 Å². The molecule has 5 atom stereocenters. The molecule has 7 rings (SSSR count). The number of hydrogen-bond donors (Lipinski definition) is 2. The van der Waals surface area contributed by atoms with Gasteiger partial charge in [0.15, 0.2) is 11.5 Å². The molecule has 0 radical (unpaired) electrons. The van der Waals surface area contributed by atoms with Gasteiger partial charge in [0, 0.05) is 36.2 Å². The summed E-state index contributed by atoms with van der Waals surface area (Å²) in [7, 11) is 0. The first kappa shape index (κ1) is 29.0. The Morgan fingerprint density at radius 1 is 1.11 bits per heavy atom. The highest BCUT2D eigenvalue weighted by Crippen LogP contribution is 2.65. The van der Waals surface area contributed by atoms with Crippen molar-refractivity contribution < 1.29 is 19.7 Å². The number of amides is 1. The van der Waals surface area contributed by atoms with E-state index in [1.165, 1.54) is 5.56 Å². The molecule has 6 nitrogen and oxygen atoms in total. The lowest BCUT2D eigenvalue weighted by Crippen LogP contribution is -2.78. The lowest BCUT2D eigenvalue weighted by molar-refractivity contribution is -0.200. The third-order valence-corrected chi connectivity index (χ3v) is 10.6. The molecule has 2 fully saturated rings. The summed E-state index contributed by atoms with van der Waals surface area (Å²) >= 11 is 0. The monoisotopic (exact) mass is 590 g/mol. The molecule has 1 spiro atoms. The molecule has 44 heavy (non-hydrogen) atoms. The maximum Gasteiger partial charge on any atom is 0.299 e. The number of rotatable bonds is 6. The van der Waals surface area contributed by atoms with E-state index in [0.29, 0.717) is 38.0 Å². The highest BCUT2D eigenvalue weighted by atomic mass is 16.5. The van der Waals surface area contributed by atoms with Gasteiger partial charge in [-0.05, 0) is 86.4 Å². The second kappa shape index (κ2) is 11.0. The van der Waals surface area contributed by atoms with Crippen LogP contribution < -0.4 is 4.74 Å². The van der Waals surface area contributed by atoms with E-state index in [4.69, 9.17) is 4.74 Å². The number of hydrogen-bond acceptors (Lipinski definition) is 5. The zero-order valence-electron chi connectivity index (χ0n) is 25.9. The van der Waals surface area contributed by atoms with Crippen molar-refractivity contribution >= 4 is 5.91 Å². The number of ether oxygens (including phenoxy) is 1. The molecule has 2 heterocycles. The molecule has 1 amide bonds. The Balaban J connectivity index is 1.26. The van der Waals surface area contributed by atoms with E-state index in [0.717, 1.165) is 41.8 Å². The largest absolute Gasteiger partial charge is 0.504 e. The predicted molar refractivity (Wildman–Crippen MR) is 171 cm³/mol. The summed E-state index contributed by atoms with van der Waals surface area (Å²) in [4.78, 5) is 18.3. The molecule has 6 heteroatoms. The van der Waals surface area contributed by atoms with Crippen molar-refractivity contribution in [2.75, 3.05) is 19.6 Å². The molecule has 2 N–H and O–H groups in total. The van der Waals surface area contributed by atoms with Crippen LogP contribution in [0, 0.1) is 24.7 Å². The van der Waals surface area contributed by atoms with Gasteiger partial charge in [-0.25, -0.2) is 0 Å². The van der Waals surface area contributed by atoms with Crippen LogP contribution in [0.1, 0.15) is 60.9 Å². The van der Waals surface area contributed by atoms with Crippen LogP contribution in [0.5, 0.6) is 11.5 Å². The van der Waals surface area contributed by atoms with Crippen molar-refractivity contribution in [3.8, 4) is 23.3 Å². The van der Waals surface area contributed by atoms with Gasteiger partial charge in [0.25, 0.3) is 5.91 Å². The van der Waals surface area contributed by atoms with Crippen LogP contribution in [0.3, 0.4) is 0 Å². The van der Waals surface area contributed by atoms with Crippen LogP contribution in [-0.4, -0.2) is 69.3 Å². The fourth-order valence-electron chi connectivity index (χ4n) is 8.79. The number of benzene rings is 3. The number of carbonyl (C=O) groups excluding carboxylic acids is 1. The number of phenolic OH excluding ortho intramolecular Hbond substituents is 1. The van der Waals surface area contributed by atoms with Crippen molar-refractivity contribution in [3.63, 3.8) is 0 Å². The first-order valence-corrected chi connectivity index (χ1v) is 16.1. The SMILES string of the molecule is Cc1cccc(C#CC(=O)N(CC(C)C)[C@H]2CC[C@@]3(O)[C@H]4Cc5ccc(O)c6c5[C@@]3(CCN4CCc3ccccc3)[C@H]2O6)c1. The number of aliphatic hydroxyl groups is 1. The van der Waals surface area contributed by atoms with Gasteiger partial charge < -0.3 is 19.8 Å². The Morgan fingerprint density at radius 2 is 1.93 bits per heavy atom. The molecule has 1 saturated carbocycles. The average Bonchev–Trinajstić information content (AvgIpc) is 3.36. The standard InChI is InChI=1S/C38H42N2O4/c1-25(2)24-40(33(42)15-12-28-11-7-8-26(3)22-28)30-16-18-38(43)32-23-29-13-14-31(41)35-34(29)37(38,36(30)44-35)19-21-39(32)20-17-27-9-5-4-6-10-27/h4-11,13-14,22,25,30,32,36,41,43H,16-21,23-24H2,1-3H3/t30-,32+,36-,37-,38+/m0/s1. The summed E-state index contributed by atoms with van der Waals surface area (Å²) < 4.78 is 6.77. The molecule has 4 aliphatic rings. The summed E-state index contributed by atoms with van der Waals surface area (Å²) in [6.07, 6.45) is 3.05. The minimum Gasteiger partial charge on any atom is -0.504 e. The van der Waals surface area contributed by atoms with E-state index in [1.807, 2.05) is 48.2 Å². The molecular formula is C38H42N2O4. The van der Waals surface area contributed by atoms with E-state index in [1.54, 1.807) is 6.07 Å². The van der Waals surface area contributed by atoms with Gasteiger partial charge in [-0.3, -0.25) is 9.69 Å². The zero-order valence-corrected chi connectivity index (χ0v) is 25.9. The minimum atomic E-state index is -1.03. The normalized spacial score (nSPS) is 28.1. The molecule has 2 aliphatic heterocycles. The van der Waals surface area contributed by atoms with Gasteiger partial charge in [-0.15, -0.1) is 0 Å². The molecule has 2 bridgehead atoms. The van der Waals surface area contributed by atoms with Gasteiger partial charge in [0.05, 0.1) is 17.1 Å². The highest BCUT2D eigenvalue weighted by molar-refractivity contribution is 5.94. The Hall–Kier alpha value is -3.79. The van der Waals surface area contributed by atoms with E-state index >= 15 is 0 Å². The quantitative estimate of drug-likeness (QED) is 0.396. The number of carbonyl (C=O) groups is 1. The molecule has 0 aromatic heterocycles. The first-order valence-electron chi connectivity index (χ1n) is 16.1. The molecule has 2 aliphatic carbocycles. The van der Waals surface area contributed by atoms with Crippen molar-refractivity contribution in [1.29, 1.82) is 0 Å². The van der Waals surface area contributed by atoms with Crippen molar-refractivity contribution in [3.05, 3.63) is 94.5 Å². The van der Waals surface area contributed by atoms with E-state index < -0.39 is 17.1 Å². The second-order valence-electron chi connectivity index (χ2n) is 13.7. The molecule has 228 valence electrons. The molecule has 3 aromatic rings. The molecular weight excluding hydrogens is 548 g/mol. The number of nitrogens with zero attached hydrogens (tertiary/aromatic N) is 2. The minimum absolute atomic E-state index is 0.0645. The summed E-state index contributed by atoms with van der Waals surface area (Å²) in [6.45, 7) is 8.48. The van der Waals surface area contributed by atoms with Crippen molar-refractivity contribution in [2.45, 2.75) is 82.1 Å². The fourth-order valence-corrected chi connectivity index (χ4v) is 8.79. The highest BCUT2D eigenvalue weighted by Gasteiger charge is 2.73. The fraction of sp³-hybridized carbons (Fsp3) is 0.447. The number of phenols is 1. The van der Waals surface area contributed by atoms with Crippen molar-refractivity contribution in [2.24, 2.45) is 5.92 Å². The van der Waals surface area contributed by atoms with Crippen molar-refractivity contribution in [1.82, 2.24) is 9.80 Å². The number of likely N-dealkylation sites (tertiary alicyclic amines) is 1. The third kappa shape index (κ3) is 4.52. The summed E-state index contributed by atoms with van der Waals surface area (Å²) in [6, 6.07) is 21.8. The van der Waals surface area contributed by atoms with Gasteiger partial charge in [-0.1, -0.05) is 68.3 Å². The van der Waals surface area contributed by atoms with Crippen LogP contribution in [0.4, 0.5) is 0 Å². The predicted octanol–water partition coefficient (Wildman–Crippen LogP) is 5.00. The van der Waals surface area contributed by atoms with E-state index in [2.05, 4.69) is 54.9 Å². The van der Waals surface area contributed by atoms with Crippen LogP contribution in [0.2, 0.25) is 0 Å². The van der Waals surface area contributed by atoms with E-state index in [-0.39, 0.29) is 29.7 Å². The lowest BCUT2D eigenvalue weighted by atomic mass is 9.48. The summed E-state index contributed by atoms with van der Waals surface area (Å²) in [5, 5.41) is 24.0. The maximum atomic E-state index is 13.9. The Morgan fingerprint density at radius 3 is 2.70 bits per heavy atom. The Labute approximate surface area is 260 Å². The van der Waals surface area contributed by atoms with Crippen LogP contribution >= 0.6 is 0 Å². The average molecular weight is 591 g/mol. The summed E-state index contributed by atoms with van der Waals surface area (Å²) in [5.41, 5.74) is 3.58. The second-order valence-corrected chi connectivity index (χ2v) is 13.7. The van der Waals surface area contributed by atoms with Crippen LogP contribution in [-0.2, 0) is 23.1 Å².